The Morgan fingerprint density at radius 2 is 2.13 bits per heavy atom. The molecule has 0 heterocycles. The molecular formula is C12H15NO2. The van der Waals surface area contributed by atoms with Crippen LogP contribution in [-0.4, -0.2) is 17.3 Å². The van der Waals surface area contributed by atoms with Gasteiger partial charge in [0.25, 0.3) is 0 Å². The van der Waals surface area contributed by atoms with E-state index in [0.29, 0.717) is 11.3 Å². The highest BCUT2D eigenvalue weighted by molar-refractivity contribution is 5.45. The molecule has 0 bridgehead atoms. The molecule has 1 aromatic carbocycles. The lowest BCUT2D eigenvalue weighted by Crippen LogP contribution is -2.28. The van der Waals surface area contributed by atoms with E-state index in [-0.39, 0.29) is 6.61 Å². The highest BCUT2D eigenvalue weighted by Gasteiger charge is 2.14. The van der Waals surface area contributed by atoms with E-state index in [2.05, 4.69) is 6.07 Å². The van der Waals surface area contributed by atoms with Gasteiger partial charge in [-0.15, -0.1) is 0 Å². The van der Waals surface area contributed by atoms with Gasteiger partial charge in [0, 0.05) is 0 Å². The minimum Gasteiger partial charge on any atom is -0.489 e. The molecule has 15 heavy (non-hydrogen) atoms. The van der Waals surface area contributed by atoms with Gasteiger partial charge in [-0.3, -0.25) is 0 Å². The maximum absolute atomic E-state index is 9.50. The Balaban J connectivity index is 2.85. The van der Waals surface area contributed by atoms with E-state index in [0.717, 1.165) is 5.56 Å². The monoisotopic (exact) mass is 205 g/mol. The third-order valence-electron chi connectivity index (χ3n) is 1.84. The molecule has 0 amide bonds. The van der Waals surface area contributed by atoms with Crippen LogP contribution in [0.3, 0.4) is 0 Å². The number of nitrogens with zero attached hydrogens (tertiary/aromatic N) is 1. The van der Waals surface area contributed by atoms with Crippen LogP contribution in [-0.2, 0) is 0 Å². The minimum absolute atomic E-state index is 0.172. The van der Waals surface area contributed by atoms with Gasteiger partial charge in [0.2, 0.25) is 0 Å². The van der Waals surface area contributed by atoms with Crippen molar-refractivity contribution in [1.82, 2.24) is 0 Å². The summed E-state index contributed by atoms with van der Waals surface area (Å²) < 4.78 is 5.40. The van der Waals surface area contributed by atoms with Crippen molar-refractivity contribution < 1.29 is 9.84 Å². The first kappa shape index (κ1) is 11.5. The van der Waals surface area contributed by atoms with Crippen LogP contribution in [0.1, 0.15) is 25.0 Å². The van der Waals surface area contributed by atoms with Crippen molar-refractivity contribution in [2.45, 2.75) is 26.4 Å². The summed E-state index contributed by atoms with van der Waals surface area (Å²) in [4.78, 5) is 0. The number of hydrogen-bond acceptors (Lipinski definition) is 3. The molecule has 80 valence electrons. The number of aryl methyl sites for hydroxylation is 1. The van der Waals surface area contributed by atoms with Crippen LogP contribution < -0.4 is 4.74 Å². The Kier molecular flexibility index (Phi) is 3.33. The summed E-state index contributed by atoms with van der Waals surface area (Å²) in [7, 11) is 0. The van der Waals surface area contributed by atoms with Gasteiger partial charge in [0.15, 0.2) is 0 Å². The minimum atomic E-state index is -0.892. The SMILES string of the molecule is Cc1ccc(C#N)c(OCC(C)(C)O)c1. The molecular weight excluding hydrogens is 190 g/mol. The average molecular weight is 205 g/mol. The molecule has 0 aromatic heterocycles. The van der Waals surface area contributed by atoms with Gasteiger partial charge >= 0.3 is 0 Å². The van der Waals surface area contributed by atoms with Crippen molar-refractivity contribution in [2.24, 2.45) is 0 Å². The topological polar surface area (TPSA) is 53.2 Å². The fourth-order valence-corrected chi connectivity index (χ4v) is 1.10. The number of benzene rings is 1. The molecule has 3 heteroatoms. The Bertz CT molecular complexity index is 386. The fraction of sp³-hybridized carbons (Fsp3) is 0.417. The van der Waals surface area contributed by atoms with Crippen molar-refractivity contribution in [3.05, 3.63) is 29.3 Å². The normalized spacial score (nSPS) is 10.9. The molecule has 0 aliphatic carbocycles. The molecule has 0 aliphatic heterocycles. The van der Waals surface area contributed by atoms with Crippen molar-refractivity contribution in [1.29, 1.82) is 5.26 Å². The maximum atomic E-state index is 9.50. The van der Waals surface area contributed by atoms with Crippen LogP contribution in [0.15, 0.2) is 18.2 Å². The summed E-state index contributed by atoms with van der Waals surface area (Å²) in [6, 6.07) is 7.42. The summed E-state index contributed by atoms with van der Waals surface area (Å²) in [6.07, 6.45) is 0. The van der Waals surface area contributed by atoms with E-state index in [9.17, 15) is 5.11 Å². The Morgan fingerprint density at radius 1 is 1.47 bits per heavy atom. The summed E-state index contributed by atoms with van der Waals surface area (Å²) >= 11 is 0. The molecule has 0 saturated heterocycles. The van der Waals surface area contributed by atoms with Gasteiger partial charge in [-0.05, 0) is 38.5 Å². The average Bonchev–Trinajstić information content (AvgIpc) is 2.14. The summed E-state index contributed by atoms with van der Waals surface area (Å²) in [5.74, 6) is 0.527. The van der Waals surface area contributed by atoms with Crippen LogP contribution in [0.5, 0.6) is 5.75 Å². The number of hydrogen-bond donors (Lipinski definition) is 1. The second-order valence-electron chi connectivity index (χ2n) is 4.21. The van der Waals surface area contributed by atoms with Gasteiger partial charge in [0.1, 0.15) is 18.4 Å². The molecule has 3 nitrogen and oxygen atoms in total. The van der Waals surface area contributed by atoms with Gasteiger partial charge < -0.3 is 9.84 Å². The van der Waals surface area contributed by atoms with Crippen molar-refractivity contribution in [2.75, 3.05) is 6.61 Å². The quantitative estimate of drug-likeness (QED) is 0.821. The van der Waals surface area contributed by atoms with Crippen LogP contribution in [0.2, 0.25) is 0 Å². The zero-order valence-corrected chi connectivity index (χ0v) is 9.24. The van der Waals surface area contributed by atoms with E-state index >= 15 is 0 Å². The van der Waals surface area contributed by atoms with Crippen molar-refractivity contribution >= 4 is 0 Å². The zero-order valence-electron chi connectivity index (χ0n) is 9.24. The summed E-state index contributed by atoms with van der Waals surface area (Å²) in [5, 5.41) is 18.4. The van der Waals surface area contributed by atoms with Crippen LogP contribution in [0, 0.1) is 18.3 Å². The Labute approximate surface area is 89.9 Å². The first-order valence-corrected chi connectivity index (χ1v) is 4.78. The van der Waals surface area contributed by atoms with Crippen LogP contribution in [0.4, 0.5) is 0 Å². The largest absolute Gasteiger partial charge is 0.489 e. The number of nitriles is 1. The van der Waals surface area contributed by atoms with Gasteiger partial charge in [-0.25, -0.2) is 0 Å². The van der Waals surface area contributed by atoms with E-state index in [1.807, 2.05) is 13.0 Å². The standard InChI is InChI=1S/C12H15NO2/c1-9-4-5-10(7-13)11(6-9)15-8-12(2,3)14/h4-6,14H,8H2,1-3H3. The zero-order chi connectivity index (χ0) is 11.5. The van der Waals surface area contributed by atoms with Crippen molar-refractivity contribution in [3.8, 4) is 11.8 Å². The van der Waals surface area contributed by atoms with Crippen LogP contribution in [0.25, 0.3) is 0 Å². The second-order valence-corrected chi connectivity index (χ2v) is 4.21. The molecule has 0 saturated carbocycles. The molecule has 0 spiro atoms. The third-order valence-corrected chi connectivity index (χ3v) is 1.84. The van der Waals surface area contributed by atoms with E-state index in [1.54, 1.807) is 26.0 Å². The van der Waals surface area contributed by atoms with Gasteiger partial charge in [-0.2, -0.15) is 5.26 Å². The lowest BCUT2D eigenvalue weighted by molar-refractivity contribution is 0.0284. The van der Waals surface area contributed by atoms with Gasteiger partial charge in [-0.1, -0.05) is 6.07 Å². The lowest BCUT2D eigenvalue weighted by Gasteiger charge is -2.18. The first-order chi connectivity index (χ1) is 6.92. The van der Waals surface area contributed by atoms with E-state index < -0.39 is 5.60 Å². The number of rotatable bonds is 3. The highest BCUT2D eigenvalue weighted by atomic mass is 16.5. The molecule has 0 atom stereocenters. The lowest BCUT2D eigenvalue weighted by atomic mass is 10.1. The molecule has 0 radical (unpaired) electrons. The van der Waals surface area contributed by atoms with Gasteiger partial charge in [0.05, 0.1) is 11.2 Å². The number of aliphatic hydroxyl groups is 1. The second kappa shape index (κ2) is 4.33. The Morgan fingerprint density at radius 3 is 2.67 bits per heavy atom. The van der Waals surface area contributed by atoms with E-state index in [1.165, 1.54) is 0 Å². The maximum Gasteiger partial charge on any atom is 0.137 e. The summed E-state index contributed by atoms with van der Waals surface area (Å²) in [5.41, 5.74) is 0.626. The smallest absolute Gasteiger partial charge is 0.137 e. The van der Waals surface area contributed by atoms with Crippen LogP contribution >= 0.6 is 0 Å². The van der Waals surface area contributed by atoms with Crippen molar-refractivity contribution in [3.63, 3.8) is 0 Å². The molecule has 0 aliphatic rings. The number of ether oxygens (including phenoxy) is 1. The molecule has 1 rings (SSSR count). The molecule has 0 unspecified atom stereocenters. The first-order valence-electron chi connectivity index (χ1n) is 4.78. The van der Waals surface area contributed by atoms with E-state index in [4.69, 9.17) is 10.00 Å². The molecule has 1 aromatic rings. The predicted octanol–water partition coefficient (Wildman–Crippen LogP) is 2.02. The molecule has 0 fully saturated rings. The summed E-state index contributed by atoms with van der Waals surface area (Å²) in [6.45, 7) is 5.42. The predicted molar refractivity (Wildman–Crippen MR) is 57.7 cm³/mol. The molecule has 1 N–H and O–H groups in total. The third kappa shape index (κ3) is 3.61. The Hall–Kier alpha value is -1.53. The highest BCUT2D eigenvalue weighted by Crippen LogP contribution is 2.20. The fourth-order valence-electron chi connectivity index (χ4n) is 1.10.